The van der Waals surface area contributed by atoms with E-state index >= 15 is 0 Å². The second kappa shape index (κ2) is 8.79. The lowest BCUT2D eigenvalue weighted by Gasteiger charge is -2.22. The minimum absolute atomic E-state index is 0.0558. The van der Waals surface area contributed by atoms with Gasteiger partial charge in [-0.1, -0.05) is 23.2 Å². The van der Waals surface area contributed by atoms with Gasteiger partial charge in [-0.2, -0.15) is 13.2 Å². The van der Waals surface area contributed by atoms with Gasteiger partial charge in [-0.25, -0.2) is 23.5 Å². The number of nitrogens with zero attached hydrogens (tertiary/aromatic N) is 2. The number of amides is 3. The third-order valence-corrected chi connectivity index (χ3v) is 4.84. The third kappa shape index (κ3) is 5.13. The first kappa shape index (κ1) is 22.9. The van der Waals surface area contributed by atoms with Crippen molar-refractivity contribution in [3.63, 3.8) is 0 Å². The second-order valence-corrected chi connectivity index (χ2v) is 7.16. The van der Waals surface area contributed by atoms with Crippen LogP contribution in [0.1, 0.15) is 35.1 Å². The quantitative estimate of drug-likeness (QED) is 0.565. The Labute approximate surface area is 181 Å². The number of halogens is 7. The molecule has 3 N–H and O–H groups in total. The van der Waals surface area contributed by atoms with Crippen LogP contribution < -0.4 is 16.0 Å². The zero-order valence-electron chi connectivity index (χ0n) is 15.1. The van der Waals surface area contributed by atoms with Crippen LogP contribution in [-0.4, -0.2) is 34.5 Å². The molecule has 3 heterocycles. The Balaban J connectivity index is 2.02. The molecule has 1 fully saturated rings. The molecule has 0 aliphatic carbocycles. The van der Waals surface area contributed by atoms with Crippen molar-refractivity contribution in [2.75, 3.05) is 6.54 Å². The number of pyridine rings is 2. The number of aromatic nitrogens is 2. The summed E-state index contributed by atoms with van der Waals surface area (Å²) in [6, 6.07) is 0.313. The van der Waals surface area contributed by atoms with Gasteiger partial charge in [0, 0.05) is 18.3 Å². The second-order valence-electron chi connectivity index (χ2n) is 6.35. The fraction of sp³-hybridized carbons (Fsp3) is 0.294. The highest BCUT2D eigenvalue weighted by Gasteiger charge is 2.36. The summed E-state index contributed by atoms with van der Waals surface area (Å²) >= 11 is 11.4. The van der Waals surface area contributed by atoms with Crippen molar-refractivity contribution in [3.05, 3.63) is 57.1 Å². The fourth-order valence-electron chi connectivity index (χ4n) is 2.79. The SMILES string of the molecule is O=C1NCC(C(=O)N[C@H](c2cnc(C(F)(F)F)c(Cl)c2)c2ccc(Cl)c(C(F)F)n2)N1. The summed E-state index contributed by atoms with van der Waals surface area (Å²) in [6.45, 7) is -0.0558. The molecule has 1 saturated heterocycles. The van der Waals surface area contributed by atoms with Crippen LogP contribution in [0.15, 0.2) is 24.4 Å². The molecule has 3 rings (SSSR count). The number of rotatable bonds is 5. The van der Waals surface area contributed by atoms with E-state index in [1.165, 1.54) is 6.07 Å². The molecule has 31 heavy (non-hydrogen) atoms. The maximum Gasteiger partial charge on any atom is 0.434 e. The molecule has 14 heteroatoms. The molecule has 0 aromatic carbocycles. The first-order valence-corrected chi connectivity index (χ1v) is 9.25. The van der Waals surface area contributed by atoms with Gasteiger partial charge in [0.05, 0.1) is 21.8 Å². The summed E-state index contributed by atoms with van der Waals surface area (Å²) in [5.74, 6) is -0.741. The van der Waals surface area contributed by atoms with Crippen molar-refractivity contribution in [3.8, 4) is 0 Å². The number of nitrogens with one attached hydrogen (secondary N) is 3. The first-order valence-electron chi connectivity index (χ1n) is 8.49. The maximum absolute atomic E-state index is 13.2. The molecule has 0 radical (unpaired) electrons. The molecule has 1 unspecified atom stereocenters. The molecule has 2 atom stereocenters. The summed E-state index contributed by atoms with van der Waals surface area (Å²) in [5, 5.41) is 6.06. The van der Waals surface area contributed by atoms with Crippen LogP contribution in [0.5, 0.6) is 0 Å². The van der Waals surface area contributed by atoms with E-state index in [0.717, 1.165) is 18.3 Å². The molecule has 0 spiro atoms. The lowest BCUT2D eigenvalue weighted by Crippen LogP contribution is -2.44. The number of carbonyl (C=O) groups excluding carboxylic acids is 2. The van der Waals surface area contributed by atoms with E-state index in [1.807, 2.05) is 0 Å². The van der Waals surface area contributed by atoms with Crippen molar-refractivity contribution in [1.82, 2.24) is 25.9 Å². The number of alkyl halides is 5. The zero-order valence-corrected chi connectivity index (χ0v) is 16.6. The fourth-order valence-corrected chi connectivity index (χ4v) is 3.26. The number of hydrogen-bond acceptors (Lipinski definition) is 4. The predicted molar refractivity (Wildman–Crippen MR) is 98.8 cm³/mol. The molecule has 2 aromatic heterocycles. The standard InChI is InChI=1S/C17H12Cl2F5N5O2/c18-7-1-2-9(27-12(7)14(20)21)11(29-15(30)10-5-26-16(31)28-10)6-3-8(19)13(25-4-6)17(22,23)24/h1-4,10-11,14H,5H2,(H,29,30)(H2,26,28,31)/t10?,11-/m1/s1. The zero-order chi connectivity index (χ0) is 22.9. The van der Waals surface area contributed by atoms with Gasteiger partial charge in [-0.05, 0) is 18.2 Å². The van der Waals surface area contributed by atoms with Gasteiger partial charge in [0.15, 0.2) is 5.69 Å². The molecule has 0 bridgehead atoms. The van der Waals surface area contributed by atoms with Crippen molar-refractivity contribution in [2.24, 2.45) is 0 Å². The molecule has 1 aliphatic rings. The van der Waals surface area contributed by atoms with Crippen LogP contribution in [0.2, 0.25) is 10.0 Å². The number of hydrogen-bond donors (Lipinski definition) is 3. The lowest BCUT2D eigenvalue weighted by molar-refractivity contribution is -0.141. The highest BCUT2D eigenvalue weighted by atomic mass is 35.5. The number of urea groups is 1. The monoisotopic (exact) mass is 483 g/mol. The third-order valence-electron chi connectivity index (χ3n) is 4.24. The smallest absolute Gasteiger partial charge is 0.342 e. The highest BCUT2D eigenvalue weighted by Crippen LogP contribution is 2.35. The van der Waals surface area contributed by atoms with E-state index in [9.17, 15) is 31.5 Å². The van der Waals surface area contributed by atoms with Crippen LogP contribution in [0.3, 0.4) is 0 Å². The molecule has 0 saturated carbocycles. The van der Waals surface area contributed by atoms with E-state index in [2.05, 4.69) is 25.9 Å². The van der Waals surface area contributed by atoms with Crippen LogP contribution in [0.25, 0.3) is 0 Å². The van der Waals surface area contributed by atoms with Crippen molar-refractivity contribution < 1.29 is 31.5 Å². The van der Waals surface area contributed by atoms with Crippen molar-refractivity contribution in [1.29, 1.82) is 0 Å². The van der Waals surface area contributed by atoms with Crippen molar-refractivity contribution >= 4 is 35.1 Å². The van der Waals surface area contributed by atoms with Gasteiger partial charge in [-0.15, -0.1) is 0 Å². The van der Waals surface area contributed by atoms with Gasteiger partial charge >= 0.3 is 12.2 Å². The van der Waals surface area contributed by atoms with Gasteiger partial charge in [-0.3, -0.25) is 4.79 Å². The van der Waals surface area contributed by atoms with Gasteiger partial charge in [0.1, 0.15) is 11.7 Å². The Kier molecular flexibility index (Phi) is 6.51. The molecular formula is C17H12Cl2F5N5O2. The Bertz CT molecular complexity index is 1020. The summed E-state index contributed by atoms with van der Waals surface area (Å²) in [5.41, 5.74) is -2.34. The first-order chi connectivity index (χ1) is 14.5. The largest absolute Gasteiger partial charge is 0.434 e. The minimum Gasteiger partial charge on any atom is -0.342 e. The topological polar surface area (TPSA) is 96.0 Å². The van der Waals surface area contributed by atoms with Gasteiger partial charge in [0.25, 0.3) is 6.43 Å². The van der Waals surface area contributed by atoms with Crippen LogP contribution in [0.4, 0.5) is 26.7 Å². The Morgan fingerprint density at radius 1 is 1.23 bits per heavy atom. The predicted octanol–water partition coefficient (Wildman–Crippen LogP) is 3.63. The molecule has 3 amide bonds. The van der Waals surface area contributed by atoms with E-state index in [1.54, 1.807) is 0 Å². The lowest BCUT2D eigenvalue weighted by atomic mass is 10.0. The summed E-state index contributed by atoms with van der Waals surface area (Å²) in [7, 11) is 0. The Morgan fingerprint density at radius 2 is 1.94 bits per heavy atom. The van der Waals surface area contributed by atoms with E-state index in [4.69, 9.17) is 23.2 Å². The highest BCUT2D eigenvalue weighted by molar-refractivity contribution is 6.31. The molecule has 166 valence electrons. The van der Waals surface area contributed by atoms with Gasteiger partial charge < -0.3 is 16.0 Å². The van der Waals surface area contributed by atoms with Crippen LogP contribution in [-0.2, 0) is 11.0 Å². The Morgan fingerprint density at radius 3 is 2.48 bits per heavy atom. The average Bonchev–Trinajstić information content (AvgIpc) is 3.11. The van der Waals surface area contributed by atoms with Gasteiger partial charge in [0.2, 0.25) is 5.91 Å². The van der Waals surface area contributed by atoms with E-state index < -0.39 is 53.0 Å². The van der Waals surface area contributed by atoms with Crippen molar-refractivity contribution in [2.45, 2.75) is 24.7 Å². The minimum atomic E-state index is -4.82. The van der Waals surface area contributed by atoms with Crippen LogP contribution in [0, 0.1) is 0 Å². The molecule has 7 nitrogen and oxygen atoms in total. The Hall–Kier alpha value is -2.73. The molecule has 1 aliphatic heterocycles. The summed E-state index contributed by atoms with van der Waals surface area (Å²) in [4.78, 5) is 30.9. The molecular weight excluding hydrogens is 472 g/mol. The summed E-state index contributed by atoms with van der Waals surface area (Å²) < 4.78 is 65.4. The summed E-state index contributed by atoms with van der Waals surface area (Å²) in [6.07, 6.45) is -7.07. The van der Waals surface area contributed by atoms with E-state index in [-0.39, 0.29) is 22.8 Å². The number of carbonyl (C=O) groups is 2. The normalized spacial score (nSPS) is 17.3. The van der Waals surface area contributed by atoms with E-state index in [0.29, 0.717) is 0 Å². The average molecular weight is 484 g/mol. The maximum atomic E-state index is 13.2. The molecule has 2 aromatic rings. The van der Waals surface area contributed by atoms with Crippen LogP contribution >= 0.6 is 23.2 Å².